The summed E-state index contributed by atoms with van der Waals surface area (Å²) in [7, 11) is 0. The highest BCUT2D eigenvalue weighted by molar-refractivity contribution is 5.96. The van der Waals surface area contributed by atoms with Gasteiger partial charge in [-0.2, -0.15) is 0 Å². The van der Waals surface area contributed by atoms with Gasteiger partial charge < -0.3 is 15.0 Å². The van der Waals surface area contributed by atoms with E-state index in [1.807, 2.05) is 66.7 Å². The van der Waals surface area contributed by atoms with Gasteiger partial charge in [0.1, 0.15) is 5.56 Å². The zero-order chi connectivity index (χ0) is 19.1. The molecule has 0 saturated heterocycles. The first-order chi connectivity index (χ1) is 13.2. The maximum absolute atomic E-state index is 12.6. The van der Waals surface area contributed by atoms with Crippen LogP contribution in [0.1, 0.15) is 28.5 Å². The van der Waals surface area contributed by atoms with Gasteiger partial charge in [0.05, 0.1) is 12.3 Å². The molecule has 27 heavy (non-hydrogen) atoms. The molecule has 2 N–H and O–H groups in total. The highest BCUT2D eigenvalue weighted by atomic mass is 16.5. The van der Waals surface area contributed by atoms with Crippen molar-refractivity contribution in [3.63, 3.8) is 0 Å². The maximum Gasteiger partial charge on any atom is 0.345 e. The predicted octanol–water partition coefficient (Wildman–Crippen LogP) is 4.08. The van der Waals surface area contributed by atoms with E-state index >= 15 is 0 Å². The monoisotopic (exact) mass is 362 g/mol. The number of aromatic nitrogens is 1. The Balaban J connectivity index is 1.92. The molecule has 0 saturated carbocycles. The summed E-state index contributed by atoms with van der Waals surface area (Å²) in [6.07, 6.45) is 1.45. The van der Waals surface area contributed by atoms with Crippen molar-refractivity contribution in [1.29, 1.82) is 0 Å². The van der Waals surface area contributed by atoms with Crippen molar-refractivity contribution >= 4 is 17.3 Å². The Morgan fingerprint density at radius 1 is 1.00 bits per heavy atom. The molecule has 0 radical (unpaired) electrons. The molecule has 1 aromatic heterocycles. The largest absolute Gasteiger partial charge is 0.462 e. The van der Waals surface area contributed by atoms with Gasteiger partial charge in [0.2, 0.25) is 0 Å². The summed E-state index contributed by atoms with van der Waals surface area (Å²) in [6, 6.07) is 21.3. The van der Waals surface area contributed by atoms with Gasteiger partial charge in [-0.05, 0) is 43.5 Å². The summed E-state index contributed by atoms with van der Waals surface area (Å²) in [4.78, 5) is 27.7. The maximum atomic E-state index is 12.6. The fraction of sp³-hybridized carbons (Fsp3) is 0.182. The quantitative estimate of drug-likeness (QED) is 0.621. The van der Waals surface area contributed by atoms with Crippen LogP contribution in [0.15, 0.2) is 71.5 Å². The van der Waals surface area contributed by atoms with Crippen molar-refractivity contribution in [3.05, 3.63) is 93.9 Å². The highest BCUT2D eigenvalue weighted by Crippen LogP contribution is 2.20. The lowest BCUT2D eigenvalue weighted by Crippen LogP contribution is -2.23. The third kappa shape index (κ3) is 4.85. The highest BCUT2D eigenvalue weighted by Gasteiger charge is 2.19. The molecule has 0 spiro atoms. The second kappa shape index (κ2) is 8.85. The molecule has 2 aromatic carbocycles. The summed E-state index contributed by atoms with van der Waals surface area (Å²) >= 11 is 0. The second-order valence-corrected chi connectivity index (χ2v) is 6.11. The first kappa shape index (κ1) is 18.5. The Labute approximate surface area is 158 Å². The zero-order valence-corrected chi connectivity index (χ0v) is 15.2. The van der Waals surface area contributed by atoms with E-state index in [0.717, 1.165) is 17.8 Å². The van der Waals surface area contributed by atoms with Crippen molar-refractivity contribution in [1.82, 2.24) is 4.98 Å². The van der Waals surface area contributed by atoms with Crippen molar-refractivity contribution in [3.8, 4) is 0 Å². The Kier molecular flexibility index (Phi) is 6.05. The number of hydrogen-bond donors (Lipinski definition) is 2. The van der Waals surface area contributed by atoms with E-state index in [0.29, 0.717) is 12.1 Å². The fourth-order valence-electron chi connectivity index (χ4n) is 2.85. The summed E-state index contributed by atoms with van der Waals surface area (Å²) in [5.74, 6) is -0.633. The third-order valence-corrected chi connectivity index (χ3v) is 4.15. The summed E-state index contributed by atoms with van der Waals surface area (Å²) in [6.45, 7) is 1.92. The number of hydrogen-bond acceptors (Lipinski definition) is 4. The van der Waals surface area contributed by atoms with Crippen LogP contribution in [0.3, 0.4) is 0 Å². The van der Waals surface area contributed by atoms with Gasteiger partial charge in [-0.15, -0.1) is 0 Å². The number of carbonyl (C=O) groups is 1. The summed E-state index contributed by atoms with van der Waals surface area (Å²) in [5.41, 5.74) is 2.73. The average molecular weight is 362 g/mol. The van der Waals surface area contributed by atoms with E-state index in [-0.39, 0.29) is 12.2 Å². The molecule has 0 aliphatic rings. The number of aromatic amines is 1. The first-order valence-corrected chi connectivity index (χ1v) is 8.96. The minimum atomic E-state index is -0.633. The van der Waals surface area contributed by atoms with Gasteiger partial charge in [0, 0.05) is 11.4 Å². The van der Waals surface area contributed by atoms with Gasteiger partial charge in [-0.25, -0.2) is 4.79 Å². The van der Waals surface area contributed by atoms with Crippen LogP contribution in [0.2, 0.25) is 0 Å². The SMILES string of the molecule is CCOC(=O)c1c(Nc2ccccc2)cc(CCc2ccccc2)[nH]c1=O. The lowest BCUT2D eigenvalue weighted by atomic mass is 10.1. The topological polar surface area (TPSA) is 71.2 Å². The van der Waals surface area contributed by atoms with Crippen LogP contribution in [0, 0.1) is 0 Å². The molecule has 3 aromatic rings. The average Bonchev–Trinajstić information content (AvgIpc) is 2.68. The number of ether oxygens (including phenoxy) is 1. The van der Waals surface area contributed by atoms with E-state index < -0.39 is 11.5 Å². The van der Waals surface area contributed by atoms with E-state index in [4.69, 9.17) is 4.74 Å². The minimum Gasteiger partial charge on any atom is -0.462 e. The minimum absolute atomic E-state index is 0.0100. The molecular formula is C22H22N2O3. The van der Waals surface area contributed by atoms with Gasteiger partial charge in [0.15, 0.2) is 0 Å². The molecule has 3 rings (SSSR count). The van der Waals surface area contributed by atoms with Crippen LogP contribution in [-0.2, 0) is 17.6 Å². The number of nitrogens with one attached hydrogen (secondary N) is 2. The molecule has 0 unspecified atom stereocenters. The van der Waals surface area contributed by atoms with Crippen molar-refractivity contribution in [2.45, 2.75) is 19.8 Å². The number of rotatable bonds is 7. The van der Waals surface area contributed by atoms with Crippen molar-refractivity contribution < 1.29 is 9.53 Å². The Morgan fingerprint density at radius 2 is 1.67 bits per heavy atom. The molecule has 0 aliphatic carbocycles. The van der Waals surface area contributed by atoms with Crippen LogP contribution >= 0.6 is 0 Å². The lowest BCUT2D eigenvalue weighted by molar-refractivity contribution is 0.0525. The summed E-state index contributed by atoms with van der Waals surface area (Å²) in [5, 5.41) is 3.17. The van der Waals surface area contributed by atoms with Crippen LogP contribution in [-0.4, -0.2) is 17.6 Å². The molecule has 0 fully saturated rings. The van der Waals surface area contributed by atoms with Crippen LogP contribution < -0.4 is 10.9 Å². The number of esters is 1. The first-order valence-electron chi connectivity index (χ1n) is 8.96. The van der Waals surface area contributed by atoms with Crippen LogP contribution in [0.5, 0.6) is 0 Å². The number of aryl methyl sites for hydroxylation is 2. The molecule has 5 heteroatoms. The number of para-hydroxylation sites is 1. The molecule has 0 bridgehead atoms. The predicted molar refractivity (Wildman–Crippen MR) is 107 cm³/mol. The van der Waals surface area contributed by atoms with Gasteiger partial charge in [-0.3, -0.25) is 4.79 Å². The van der Waals surface area contributed by atoms with Crippen LogP contribution in [0.4, 0.5) is 11.4 Å². The zero-order valence-electron chi connectivity index (χ0n) is 15.2. The van der Waals surface area contributed by atoms with Crippen LogP contribution in [0.25, 0.3) is 0 Å². The molecule has 5 nitrogen and oxygen atoms in total. The normalized spacial score (nSPS) is 10.4. The Morgan fingerprint density at radius 3 is 2.33 bits per heavy atom. The summed E-state index contributed by atoms with van der Waals surface area (Å²) < 4.78 is 5.06. The Bertz CT molecular complexity index is 950. The third-order valence-electron chi connectivity index (χ3n) is 4.15. The second-order valence-electron chi connectivity index (χ2n) is 6.11. The van der Waals surface area contributed by atoms with E-state index in [1.54, 1.807) is 6.92 Å². The molecule has 1 heterocycles. The van der Waals surface area contributed by atoms with Gasteiger partial charge in [0.25, 0.3) is 5.56 Å². The number of H-pyrrole nitrogens is 1. The molecule has 138 valence electrons. The van der Waals surface area contributed by atoms with Crippen molar-refractivity contribution in [2.24, 2.45) is 0 Å². The lowest BCUT2D eigenvalue weighted by Gasteiger charge is -2.13. The van der Waals surface area contributed by atoms with E-state index in [1.165, 1.54) is 5.56 Å². The van der Waals surface area contributed by atoms with Gasteiger partial charge in [-0.1, -0.05) is 48.5 Å². The molecular weight excluding hydrogens is 340 g/mol. The number of benzene rings is 2. The smallest absolute Gasteiger partial charge is 0.345 e. The van der Waals surface area contributed by atoms with E-state index in [2.05, 4.69) is 10.3 Å². The fourth-order valence-corrected chi connectivity index (χ4v) is 2.85. The number of pyridine rings is 1. The van der Waals surface area contributed by atoms with Gasteiger partial charge >= 0.3 is 5.97 Å². The number of anilines is 2. The number of carbonyl (C=O) groups excluding carboxylic acids is 1. The standard InChI is InChI=1S/C22H22N2O3/c1-2-27-22(26)20-19(23-17-11-7-4-8-12-17)15-18(24-21(20)25)14-13-16-9-5-3-6-10-16/h3-12,15H,2,13-14H2,1H3,(H2,23,24,25). The molecule has 0 amide bonds. The molecule has 0 aliphatic heterocycles. The van der Waals surface area contributed by atoms with E-state index in [9.17, 15) is 9.59 Å². The van der Waals surface area contributed by atoms with Crippen molar-refractivity contribution in [2.75, 3.05) is 11.9 Å². The Hall–Kier alpha value is -3.34. The molecule has 0 atom stereocenters.